The molecule has 22 heavy (non-hydrogen) atoms. The number of ether oxygens (including phenoxy) is 2. The Morgan fingerprint density at radius 3 is 2.68 bits per heavy atom. The molecule has 1 aromatic carbocycles. The monoisotopic (exact) mass is 302 g/mol. The van der Waals surface area contributed by atoms with Gasteiger partial charge in [-0.2, -0.15) is 0 Å². The second-order valence-electron chi connectivity index (χ2n) is 6.14. The van der Waals surface area contributed by atoms with Gasteiger partial charge >= 0.3 is 0 Å². The summed E-state index contributed by atoms with van der Waals surface area (Å²) >= 11 is 0. The number of hydrogen-bond acceptors (Lipinski definition) is 2. The lowest BCUT2D eigenvalue weighted by atomic mass is 10.0. The molecule has 0 bridgehead atoms. The van der Waals surface area contributed by atoms with Crippen molar-refractivity contribution in [2.24, 2.45) is 0 Å². The van der Waals surface area contributed by atoms with Crippen LogP contribution in [0.25, 0.3) is 0 Å². The molecular formula is C20H30O2. The van der Waals surface area contributed by atoms with Crippen LogP contribution in [0.1, 0.15) is 57.4 Å². The van der Waals surface area contributed by atoms with E-state index < -0.39 is 0 Å². The van der Waals surface area contributed by atoms with Crippen molar-refractivity contribution in [2.75, 3.05) is 13.2 Å². The van der Waals surface area contributed by atoms with Crippen molar-refractivity contribution in [1.29, 1.82) is 0 Å². The van der Waals surface area contributed by atoms with Crippen LogP contribution in [0.2, 0.25) is 0 Å². The third-order valence-electron chi connectivity index (χ3n) is 4.06. The highest BCUT2D eigenvalue weighted by Gasteiger charge is 2.22. The topological polar surface area (TPSA) is 21.8 Å². The Bertz CT molecular complexity index is 435. The second-order valence-corrected chi connectivity index (χ2v) is 6.14. The lowest BCUT2D eigenvalue weighted by Gasteiger charge is -2.07. The molecule has 1 aliphatic heterocycles. The summed E-state index contributed by atoms with van der Waals surface area (Å²) in [4.78, 5) is 0. The van der Waals surface area contributed by atoms with Gasteiger partial charge in [0.05, 0.1) is 6.61 Å². The van der Waals surface area contributed by atoms with Gasteiger partial charge in [0.2, 0.25) is 0 Å². The molecule has 0 aliphatic carbocycles. The summed E-state index contributed by atoms with van der Waals surface area (Å²) in [5.41, 5.74) is 1.39. The van der Waals surface area contributed by atoms with Crippen LogP contribution in [0, 0.1) is 0 Å². The molecule has 1 aliphatic rings. The molecular weight excluding hydrogens is 272 g/mol. The summed E-state index contributed by atoms with van der Waals surface area (Å²) < 4.78 is 10.9. The van der Waals surface area contributed by atoms with E-state index >= 15 is 0 Å². The molecule has 0 amide bonds. The fourth-order valence-corrected chi connectivity index (χ4v) is 2.61. The predicted octanol–water partition coefficient (Wildman–Crippen LogP) is 5.31. The van der Waals surface area contributed by atoms with E-state index in [1.807, 2.05) is 6.07 Å². The maximum absolute atomic E-state index is 5.73. The maximum atomic E-state index is 5.73. The van der Waals surface area contributed by atoms with Gasteiger partial charge in [0.1, 0.15) is 18.5 Å². The van der Waals surface area contributed by atoms with Gasteiger partial charge in [0, 0.05) is 0 Å². The summed E-state index contributed by atoms with van der Waals surface area (Å²) in [6, 6.07) is 8.52. The third kappa shape index (κ3) is 7.65. The van der Waals surface area contributed by atoms with Crippen LogP contribution in [0.15, 0.2) is 36.4 Å². The molecule has 0 spiro atoms. The smallest absolute Gasteiger partial charge is 0.119 e. The van der Waals surface area contributed by atoms with E-state index in [0.29, 0.717) is 12.7 Å². The maximum Gasteiger partial charge on any atom is 0.119 e. The highest BCUT2D eigenvalue weighted by molar-refractivity contribution is 5.28. The minimum atomic E-state index is 0.330. The summed E-state index contributed by atoms with van der Waals surface area (Å²) in [6.07, 6.45) is 15.2. The fourth-order valence-electron chi connectivity index (χ4n) is 2.61. The molecule has 0 saturated carbocycles. The lowest BCUT2D eigenvalue weighted by molar-refractivity contribution is 0.263. The molecule has 1 aromatic rings. The van der Waals surface area contributed by atoms with Gasteiger partial charge in [-0.15, -0.1) is 0 Å². The first-order valence-electron chi connectivity index (χ1n) is 8.83. The van der Waals surface area contributed by atoms with Crippen molar-refractivity contribution in [2.45, 2.75) is 64.4 Å². The second kappa shape index (κ2) is 10.4. The zero-order valence-electron chi connectivity index (χ0n) is 13.9. The summed E-state index contributed by atoms with van der Waals surface area (Å²) in [7, 11) is 0. The fraction of sp³-hybridized carbons (Fsp3) is 0.600. The summed E-state index contributed by atoms with van der Waals surface area (Å²) in [5.74, 6) is 0.983. The number of rotatable bonds is 12. The largest absolute Gasteiger partial charge is 0.491 e. The van der Waals surface area contributed by atoms with E-state index in [-0.39, 0.29) is 0 Å². The molecule has 2 heteroatoms. The number of allylic oxidation sites excluding steroid dienone is 2. The van der Waals surface area contributed by atoms with Gasteiger partial charge in [-0.3, -0.25) is 0 Å². The first-order chi connectivity index (χ1) is 10.9. The molecule has 1 atom stereocenters. The number of hydrogen-bond donors (Lipinski definition) is 0. The van der Waals surface area contributed by atoms with Gasteiger partial charge in [-0.25, -0.2) is 0 Å². The number of aryl methyl sites for hydroxylation is 1. The molecule has 1 heterocycles. The number of benzene rings is 1. The minimum Gasteiger partial charge on any atom is -0.491 e. The first-order valence-corrected chi connectivity index (χ1v) is 8.83. The number of unbranched alkanes of at least 4 members (excludes halogenated alkanes) is 6. The molecule has 0 N–H and O–H groups in total. The average Bonchev–Trinajstić information content (AvgIpc) is 3.36. The average molecular weight is 302 g/mol. The van der Waals surface area contributed by atoms with E-state index in [2.05, 4.69) is 37.3 Å². The Kier molecular flexibility index (Phi) is 8.11. The molecule has 122 valence electrons. The molecule has 1 unspecified atom stereocenters. The van der Waals surface area contributed by atoms with Crippen LogP contribution in [-0.2, 0) is 11.2 Å². The quantitative estimate of drug-likeness (QED) is 0.296. The van der Waals surface area contributed by atoms with Crippen LogP contribution in [0.4, 0.5) is 0 Å². The lowest BCUT2D eigenvalue weighted by Crippen LogP contribution is -2.04. The number of epoxide rings is 1. The van der Waals surface area contributed by atoms with Crippen molar-refractivity contribution >= 4 is 0 Å². The normalized spacial score (nSPS) is 17.0. The van der Waals surface area contributed by atoms with Gasteiger partial charge in [-0.05, 0) is 50.3 Å². The zero-order chi connectivity index (χ0) is 15.5. The van der Waals surface area contributed by atoms with Crippen LogP contribution in [-0.4, -0.2) is 19.3 Å². The third-order valence-corrected chi connectivity index (χ3v) is 4.06. The molecule has 2 rings (SSSR count). The first kappa shape index (κ1) is 17.1. The summed E-state index contributed by atoms with van der Waals surface area (Å²) in [6.45, 7) is 3.64. The van der Waals surface area contributed by atoms with Crippen molar-refractivity contribution in [3.05, 3.63) is 42.0 Å². The molecule has 2 nitrogen and oxygen atoms in total. The Balaban J connectivity index is 1.51. The van der Waals surface area contributed by atoms with E-state index in [0.717, 1.165) is 18.8 Å². The Labute approximate surface area is 135 Å². The van der Waals surface area contributed by atoms with Crippen LogP contribution >= 0.6 is 0 Å². The van der Waals surface area contributed by atoms with Crippen molar-refractivity contribution in [3.63, 3.8) is 0 Å². The molecule has 1 fully saturated rings. The van der Waals surface area contributed by atoms with Crippen LogP contribution < -0.4 is 4.74 Å². The van der Waals surface area contributed by atoms with Gasteiger partial charge in [0.25, 0.3) is 0 Å². The Morgan fingerprint density at radius 1 is 1.14 bits per heavy atom. The van der Waals surface area contributed by atoms with Crippen LogP contribution in [0.5, 0.6) is 5.75 Å². The Hall–Kier alpha value is -1.28. The zero-order valence-corrected chi connectivity index (χ0v) is 13.9. The summed E-state index contributed by atoms with van der Waals surface area (Å²) in [5, 5.41) is 0. The highest BCUT2D eigenvalue weighted by atomic mass is 16.6. The van der Waals surface area contributed by atoms with Gasteiger partial charge in [0.15, 0.2) is 0 Å². The van der Waals surface area contributed by atoms with Gasteiger partial charge in [-0.1, -0.05) is 50.0 Å². The molecule has 1 saturated heterocycles. The van der Waals surface area contributed by atoms with Crippen molar-refractivity contribution in [1.82, 2.24) is 0 Å². The van der Waals surface area contributed by atoms with E-state index in [1.165, 1.54) is 50.5 Å². The van der Waals surface area contributed by atoms with Gasteiger partial charge < -0.3 is 9.47 Å². The molecule has 0 aromatic heterocycles. The van der Waals surface area contributed by atoms with Crippen molar-refractivity contribution < 1.29 is 9.47 Å². The van der Waals surface area contributed by atoms with E-state index in [4.69, 9.17) is 9.47 Å². The highest BCUT2D eigenvalue weighted by Crippen LogP contribution is 2.18. The standard InChI is InChI=1S/C20H30O2/c1-2-3-4-5-6-7-8-9-10-12-18-13-11-14-19(15-18)21-16-20-17-22-20/h2-3,11,13-15,20H,4-10,12,16-17H2,1H3/b3-2+. The molecule has 0 radical (unpaired) electrons. The van der Waals surface area contributed by atoms with E-state index in [1.54, 1.807) is 0 Å². The van der Waals surface area contributed by atoms with Crippen LogP contribution in [0.3, 0.4) is 0 Å². The predicted molar refractivity (Wildman–Crippen MR) is 92.5 cm³/mol. The minimum absolute atomic E-state index is 0.330. The van der Waals surface area contributed by atoms with E-state index in [9.17, 15) is 0 Å². The Morgan fingerprint density at radius 2 is 1.91 bits per heavy atom. The van der Waals surface area contributed by atoms with Crippen molar-refractivity contribution in [3.8, 4) is 5.75 Å². The SMILES string of the molecule is C/C=C/CCCCCCCCc1cccc(OCC2CO2)c1.